The van der Waals surface area contributed by atoms with Crippen molar-refractivity contribution in [3.63, 3.8) is 0 Å². The molecule has 0 radical (unpaired) electrons. The van der Waals surface area contributed by atoms with E-state index < -0.39 is 26.9 Å². The third kappa shape index (κ3) is 4.41. The Morgan fingerprint density at radius 3 is 2.41 bits per heavy atom. The molecule has 0 saturated heterocycles. The fourth-order valence-corrected chi connectivity index (χ4v) is 4.12. The maximum absolute atomic E-state index is 12.7. The van der Waals surface area contributed by atoms with Gasteiger partial charge in [-0.2, -0.15) is 4.72 Å². The first-order valence-corrected chi connectivity index (χ1v) is 10.2. The van der Waals surface area contributed by atoms with Gasteiger partial charge in [0.05, 0.1) is 27.1 Å². The molecule has 1 atom stereocenters. The first-order chi connectivity index (χ1) is 13.7. The van der Waals surface area contributed by atoms with E-state index in [2.05, 4.69) is 10.0 Å². The van der Waals surface area contributed by atoms with Crippen LogP contribution in [0.15, 0.2) is 65.6 Å². The van der Waals surface area contributed by atoms with Crippen molar-refractivity contribution >= 4 is 38.1 Å². The van der Waals surface area contributed by atoms with Crippen LogP contribution in [0.2, 0.25) is 0 Å². The van der Waals surface area contributed by atoms with Crippen LogP contribution in [0.25, 0.3) is 10.8 Å². The van der Waals surface area contributed by atoms with Crippen molar-refractivity contribution in [3.8, 4) is 0 Å². The van der Waals surface area contributed by atoms with Crippen molar-refractivity contribution in [2.75, 3.05) is 5.32 Å². The predicted molar refractivity (Wildman–Crippen MR) is 110 cm³/mol. The maximum atomic E-state index is 12.7. The second-order valence-electron chi connectivity index (χ2n) is 6.55. The molecule has 3 rings (SSSR count). The van der Waals surface area contributed by atoms with E-state index >= 15 is 0 Å². The number of nitro groups is 1. The average molecular weight is 413 g/mol. The molecule has 2 N–H and O–H groups in total. The van der Waals surface area contributed by atoms with Gasteiger partial charge in [0.15, 0.2) is 0 Å². The molecule has 0 spiro atoms. The van der Waals surface area contributed by atoms with E-state index in [1.165, 1.54) is 44.2 Å². The minimum Gasteiger partial charge on any atom is -0.324 e. The molecule has 0 aliphatic carbocycles. The van der Waals surface area contributed by atoms with Crippen LogP contribution < -0.4 is 10.0 Å². The minimum absolute atomic E-state index is 0.0439. The SMILES string of the molecule is Cc1c(NC(=O)[C@H](C)NS(=O)(=O)c2ccc3ccccc3c2)cccc1[N+](=O)[O-]. The first-order valence-electron chi connectivity index (χ1n) is 8.75. The summed E-state index contributed by atoms with van der Waals surface area (Å²) in [6.07, 6.45) is 0. The largest absolute Gasteiger partial charge is 0.324 e. The number of fused-ring (bicyclic) bond motifs is 1. The van der Waals surface area contributed by atoms with Gasteiger partial charge in [-0.1, -0.05) is 36.4 Å². The zero-order valence-corrected chi connectivity index (χ0v) is 16.6. The van der Waals surface area contributed by atoms with E-state index in [4.69, 9.17) is 0 Å². The number of nitrogens with one attached hydrogen (secondary N) is 2. The van der Waals surface area contributed by atoms with Gasteiger partial charge in [-0.3, -0.25) is 14.9 Å². The summed E-state index contributed by atoms with van der Waals surface area (Å²) in [4.78, 5) is 23.0. The molecule has 0 bridgehead atoms. The summed E-state index contributed by atoms with van der Waals surface area (Å²) in [5.41, 5.74) is 0.406. The number of benzene rings is 3. The van der Waals surface area contributed by atoms with Crippen LogP contribution in [-0.2, 0) is 14.8 Å². The third-order valence-electron chi connectivity index (χ3n) is 4.52. The Kier molecular flexibility index (Phi) is 5.62. The zero-order chi connectivity index (χ0) is 21.2. The fraction of sp³-hybridized carbons (Fsp3) is 0.150. The lowest BCUT2D eigenvalue weighted by atomic mass is 10.1. The minimum atomic E-state index is -3.94. The highest BCUT2D eigenvalue weighted by atomic mass is 32.2. The lowest BCUT2D eigenvalue weighted by Crippen LogP contribution is -2.41. The van der Waals surface area contributed by atoms with E-state index in [0.717, 1.165) is 10.8 Å². The average Bonchev–Trinajstić information content (AvgIpc) is 2.68. The highest BCUT2D eigenvalue weighted by Crippen LogP contribution is 2.25. The van der Waals surface area contributed by atoms with Crippen molar-refractivity contribution in [1.82, 2.24) is 4.72 Å². The zero-order valence-electron chi connectivity index (χ0n) is 15.7. The van der Waals surface area contributed by atoms with Gasteiger partial charge in [0.1, 0.15) is 0 Å². The van der Waals surface area contributed by atoms with Gasteiger partial charge >= 0.3 is 0 Å². The Morgan fingerprint density at radius 1 is 1.03 bits per heavy atom. The van der Waals surface area contributed by atoms with Crippen LogP contribution >= 0.6 is 0 Å². The Balaban J connectivity index is 1.78. The van der Waals surface area contributed by atoms with Crippen molar-refractivity contribution in [1.29, 1.82) is 0 Å². The van der Waals surface area contributed by atoms with Crippen LogP contribution in [0.5, 0.6) is 0 Å². The topological polar surface area (TPSA) is 118 Å². The molecule has 0 fully saturated rings. The lowest BCUT2D eigenvalue weighted by molar-refractivity contribution is -0.385. The number of carbonyl (C=O) groups is 1. The number of amides is 1. The van der Waals surface area contributed by atoms with Crippen LogP contribution in [-0.4, -0.2) is 25.3 Å². The normalized spacial score (nSPS) is 12.5. The standard InChI is InChI=1S/C20H19N3O5S/c1-13-18(8-5-9-19(13)23(25)26)21-20(24)14(2)22-29(27,28)17-11-10-15-6-3-4-7-16(15)12-17/h3-12,14,22H,1-2H3,(H,21,24)/t14-/m0/s1. The molecule has 0 aliphatic heterocycles. The van der Waals surface area contributed by atoms with Gasteiger partial charge in [-0.25, -0.2) is 8.42 Å². The highest BCUT2D eigenvalue weighted by Gasteiger charge is 2.23. The Morgan fingerprint density at radius 2 is 1.72 bits per heavy atom. The number of sulfonamides is 1. The third-order valence-corrected chi connectivity index (χ3v) is 6.05. The van der Waals surface area contributed by atoms with Crippen LogP contribution in [0.1, 0.15) is 12.5 Å². The summed E-state index contributed by atoms with van der Waals surface area (Å²) in [7, 11) is -3.94. The van der Waals surface area contributed by atoms with E-state index in [9.17, 15) is 23.3 Å². The molecule has 0 unspecified atom stereocenters. The van der Waals surface area contributed by atoms with Crippen LogP contribution in [0.3, 0.4) is 0 Å². The summed E-state index contributed by atoms with van der Waals surface area (Å²) in [6, 6.07) is 15.2. The number of hydrogen-bond donors (Lipinski definition) is 2. The maximum Gasteiger partial charge on any atom is 0.274 e. The number of nitrogens with zero attached hydrogens (tertiary/aromatic N) is 1. The molecule has 150 valence electrons. The highest BCUT2D eigenvalue weighted by molar-refractivity contribution is 7.89. The number of nitro benzene ring substituents is 1. The predicted octanol–water partition coefficient (Wildman–Crippen LogP) is 3.36. The second-order valence-corrected chi connectivity index (χ2v) is 8.26. The molecule has 3 aromatic carbocycles. The van der Waals surface area contributed by atoms with Crippen LogP contribution in [0.4, 0.5) is 11.4 Å². The molecule has 1 amide bonds. The van der Waals surface area contributed by atoms with E-state index in [-0.39, 0.29) is 21.8 Å². The summed E-state index contributed by atoms with van der Waals surface area (Å²) in [6.45, 7) is 2.91. The van der Waals surface area contributed by atoms with E-state index in [1.54, 1.807) is 12.1 Å². The molecule has 0 aromatic heterocycles. The first kappa shape index (κ1) is 20.4. The number of rotatable bonds is 6. The van der Waals surface area contributed by atoms with Gasteiger partial charge in [0.25, 0.3) is 5.69 Å². The Bertz CT molecular complexity index is 1210. The number of hydrogen-bond acceptors (Lipinski definition) is 5. The fourth-order valence-electron chi connectivity index (χ4n) is 2.89. The number of carbonyl (C=O) groups excluding carboxylic acids is 1. The van der Waals surface area contributed by atoms with Gasteiger partial charge in [0, 0.05) is 6.07 Å². The lowest BCUT2D eigenvalue weighted by Gasteiger charge is -2.16. The van der Waals surface area contributed by atoms with E-state index in [1.807, 2.05) is 18.2 Å². The smallest absolute Gasteiger partial charge is 0.274 e. The van der Waals surface area contributed by atoms with Gasteiger partial charge in [-0.15, -0.1) is 0 Å². The summed E-state index contributed by atoms with van der Waals surface area (Å²) in [5.74, 6) is -0.627. The van der Waals surface area contributed by atoms with Gasteiger partial charge < -0.3 is 5.32 Å². The molecule has 0 aliphatic rings. The van der Waals surface area contributed by atoms with Crippen molar-refractivity contribution in [3.05, 3.63) is 76.3 Å². The summed E-state index contributed by atoms with van der Waals surface area (Å²) in [5, 5.41) is 15.2. The quantitative estimate of drug-likeness (QED) is 0.474. The van der Waals surface area contributed by atoms with Gasteiger partial charge in [0.2, 0.25) is 15.9 Å². The van der Waals surface area contributed by atoms with E-state index in [0.29, 0.717) is 0 Å². The summed E-state index contributed by atoms with van der Waals surface area (Å²) >= 11 is 0. The van der Waals surface area contributed by atoms with Crippen LogP contribution in [0, 0.1) is 17.0 Å². The monoisotopic (exact) mass is 413 g/mol. The van der Waals surface area contributed by atoms with Crippen molar-refractivity contribution < 1.29 is 18.1 Å². The Hall–Kier alpha value is -3.30. The molecule has 8 nitrogen and oxygen atoms in total. The molecule has 0 saturated carbocycles. The van der Waals surface area contributed by atoms with Gasteiger partial charge in [-0.05, 0) is 42.8 Å². The number of anilines is 1. The molecule has 29 heavy (non-hydrogen) atoms. The molecule has 9 heteroatoms. The summed E-state index contributed by atoms with van der Waals surface area (Å²) < 4.78 is 27.7. The molecular formula is C20H19N3O5S. The molecular weight excluding hydrogens is 394 g/mol. The van der Waals surface area contributed by atoms with Crippen molar-refractivity contribution in [2.24, 2.45) is 0 Å². The van der Waals surface area contributed by atoms with Crippen molar-refractivity contribution in [2.45, 2.75) is 24.8 Å². The molecule has 3 aromatic rings. The Labute approximate surface area is 167 Å². The second kappa shape index (κ2) is 7.98. The molecule has 0 heterocycles.